The fourth-order valence-electron chi connectivity index (χ4n) is 1.52. The van der Waals surface area contributed by atoms with Crippen LogP contribution in [-0.2, 0) is 0 Å². The first-order chi connectivity index (χ1) is 6.86. The molecule has 1 aliphatic rings. The van der Waals surface area contributed by atoms with Crippen molar-refractivity contribution in [3.05, 3.63) is 23.9 Å². The average molecular weight is 195 g/mol. The largest absolute Gasteiger partial charge is 0.374 e. The lowest BCUT2D eigenvalue weighted by Gasteiger charge is -2.22. The van der Waals surface area contributed by atoms with E-state index >= 15 is 0 Å². The highest BCUT2D eigenvalue weighted by atomic mass is 15.1. The first-order valence-electron chi connectivity index (χ1n) is 5.38. The SMILES string of the molecule is NCCCC1=CCN(CCCN)C=C1. The highest BCUT2D eigenvalue weighted by Gasteiger charge is 2.03. The summed E-state index contributed by atoms with van der Waals surface area (Å²) in [5.41, 5.74) is 12.3. The summed E-state index contributed by atoms with van der Waals surface area (Å²) >= 11 is 0. The number of rotatable bonds is 6. The Morgan fingerprint density at radius 2 is 2.00 bits per heavy atom. The summed E-state index contributed by atoms with van der Waals surface area (Å²) in [5.74, 6) is 0. The van der Waals surface area contributed by atoms with Crippen molar-refractivity contribution in [1.82, 2.24) is 4.90 Å². The second-order valence-corrected chi connectivity index (χ2v) is 3.62. The maximum absolute atomic E-state index is 5.46. The molecular formula is C11H21N3. The van der Waals surface area contributed by atoms with E-state index in [-0.39, 0.29) is 0 Å². The van der Waals surface area contributed by atoms with Crippen molar-refractivity contribution >= 4 is 0 Å². The van der Waals surface area contributed by atoms with Gasteiger partial charge in [0, 0.05) is 13.1 Å². The number of hydrogen-bond acceptors (Lipinski definition) is 3. The molecule has 0 aromatic carbocycles. The molecule has 3 heteroatoms. The Kier molecular flexibility index (Phi) is 5.33. The Hall–Kier alpha value is -0.800. The van der Waals surface area contributed by atoms with Gasteiger partial charge >= 0.3 is 0 Å². The van der Waals surface area contributed by atoms with Crippen molar-refractivity contribution in [2.45, 2.75) is 19.3 Å². The average Bonchev–Trinajstić information content (AvgIpc) is 2.25. The molecule has 1 heterocycles. The molecule has 0 aromatic heterocycles. The molecule has 0 unspecified atom stereocenters. The van der Waals surface area contributed by atoms with E-state index in [1.165, 1.54) is 5.57 Å². The van der Waals surface area contributed by atoms with Gasteiger partial charge in [0.05, 0.1) is 0 Å². The topological polar surface area (TPSA) is 55.3 Å². The Balaban J connectivity index is 2.22. The van der Waals surface area contributed by atoms with Gasteiger partial charge in [-0.3, -0.25) is 0 Å². The first-order valence-corrected chi connectivity index (χ1v) is 5.38. The lowest BCUT2D eigenvalue weighted by Crippen LogP contribution is -2.23. The van der Waals surface area contributed by atoms with Crippen LogP contribution >= 0.6 is 0 Å². The molecule has 80 valence electrons. The van der Waals surface area contributed by atoms with Gasteiger partial charge in [-0.15, -0.1) is 0 Å². The predicted molar refractivity (Wildman–Crippen MR) is 60.8 cm³/mol. The number of nitrogens with two attached hydrogens (primary N) is 2. The zero-order chi connectivity index (χ0) is 10.2. The number of allylic oxidation sites excluding steroid dienone is 2. The summed E-state index contributed by atoms with van der Waals surface area (Å²) in [6, 6.07) is 0. The van der Waals surface area contributed by atoms with Crippen molar-refractivity contribution in [2.24, 2.45) is 11.5 Å². The highest BCUT2D eigenvalue weighted by Crippen LogP contribution is 2.12. The minimum absolute atomic E-state index is 0.772. The fourth-order valence-corrected chi connectivity index (χ4v) is 1.52. The molecule has 0 bridgehead atoms. The van der Waals surface area contributed by atoms with Gasteiger partial charge in [-0.2, -0.15) is 0 Å². The van der Waals surface area contributed by atoms with Gasteiger partial charge in [-0.25, -0.2) is 0 Å². The van der Waals surface area contributed by atoms with E-state index < -0.39 is 0 Å². The fraction of sp³-hybridized carbons (Fsp3) is 0.636. The summed E-state index contributed by atoms with van der Waals surface area (Å²) in [7, 11) is 0. The molecule has 0 spiro atoms. The van der Waals surface area contributed by atoms with Gasteiger partial charge in [0.2, 0.25) is 0 Å². The zero-order valence-electron chi connectivity index (χ0n) is 8.78. The summed E-state index contributed by atoms with van der Waals surface area (Å²) in [5, 5.41) is 0. The molecule has 4 N–H and O–H groups in total. The second-order valence-electron chi connectivity index (χ2n) is 3.62. The van der Waals surface area contributed by atoms with Gasteiger partial charge in [-0.1, -0.05) is 6.08 Å². The van der Waals surface area contributed by atoms with Crippen molar-refractivity contribution in [3.63, 3.8) is 0 Å². The first kappa shape index (κ1) is 11.3. The lowest BCUT2D eigenvalue weighted by atomic mass is 10.1. The molecule has 0 amide bonds. The van der Waals surface area contributed by atoms with Gasteiger partial charge < -0.3 is 16.4 Å². The standard InChI is InChI=1S/C11H21N3/c12-6-1-3-11-4-9-14(10-5-11)8-2-7-13/h4-5,9H,1-3,6-8,10,12-13H2. The molecule has 0 aliphatic carbocycles. The highest BCUT2D eigenvalue weighted by molar-refractivity contribution is 5.22. The van der Waals surface area contributed by atoms with Crippen molar-refractivity contribution in [2.75, 3.05) is 26.2 Å². The Bertz CT molecular complexity index is 209. The van der Waals surface area contributed by atoms with Crippen molar-refractivity contribution < 1.29 is 0 Å². The summed E-state index contributed by atoms with van der Waals surface area (Å²) < 4.78 is 0. The Morgan fingerprint density at radius 1 is 1.21 bits per heavy atom. The van der Waals surface area contributed by atoms with E-state index in [1.54, 1.807) is 0 Å². The molecule has 0 saturated carbocycles. The maximum atomic E-state index is 5.46. The Labute approximate surface area is 86.4 Å². The molecule has 14 heavy (non-hydrogen) atoms. The lowest BCUT2D eigenvalue weighted by molar-refractivity contribution is 0.403. The third-order valence-electron chi connectivity index (χ3n) is 2.41. The van der Waals surface area contributed by atoms with Crippen LogP contribution in [0.4, 0.5) is 0 Å². The minimum Gasteiger partial charge on any atom is -0.374 e. The number of hydrogen-bond donors (Lipinski definition) is 2. The van der Waals surface area contributed by atoms with Crippen LogP contribution in [0.1, 0.15) is 19.3 Å². The van der Waals surface area contributed by atoms with Crippen molar-refractivity contribution in [1.29, 1.82) is 0 Å². The summed E-state index contributed by atoms with van der Waals surface area (Å²) in [6.45, 7) is 3.64. The third kappa shape index (κ3) is 3.94. The summed E-state index contributed by atoms with van der Waals surface area (Å²) in [6.07, 6.45) is 9.90. The monoisotopic (exact) mass is 195 g/mol. The van der Waals surface area contributed by atoms with Crippen LogP contribution in [0.2, 0.25) is 0 Å². The van der Waals surface area contributed by atoms with E-state index in [4.69, 9.17) is 11.5 Å². The number of nitrogens with zero attached hydrogens (tertiary/aromatic N) is 1. The molecule has 3 nitrogen and oxygen atoms in total. The van der Waals surface area contributed by atoms with Crippen LogP contribution in [0.3, 0.4) is 0 Å². The minimum atomic E-state index is 0.772. The van der Waals surface area contributed by atoms with Gasteiger partial charge in [0.1, 0.15) is 0 Å². The predicted octanol–water partition coefficient (Wildman–Crippen LogP) is 0.830. The Morgan fingerprint density at radius 3 is 2.57 bits per heavy atom. The van der Waals surface area contributed by atoms with Crippen LogP contribution in [0.15, 0.2) is 23.9 Å². The molecule has 1 rings (SSSR count). The zero-order valence-corrected chi connectivity index (χ0v) is 8.78. The van der Waals surface area contributed by atoms with Crippen LogP contribution in [0.5, 0.6) is 0 Å². The molecule has 1 aliphatic heterocycles. The van der Waals surface area contributed by atoms with Gasteiger partial charge in [0.15, 0.2) is 0 Å². The molecular weight excluding hydrogens is 174 g/mol. The van der Waals surface area contributed by atoms with Crippen LogP contribution < -0.4 is 11.5 Å². The summed E-state index contributed by atoms with van der Waals surface area (Å²) in [4.78, 5) is 2.29. The second kappa shape index (κ2) is 6.62. The van der Waals surface area contributed by atoms with Crippen LogP contribution in [-0.4, -0.2) is 31.1 Å². The van der Waals surface area contributed by atoms with E-state index in [2.05, 4.69) is 23.3 Å². The van der Waals surface area contributed by atoms with Gasteiger partial charge in [0.25, 0.3) is 0 Å². The molecule has 0 fully saturated rings. The van der Waals surface area contributed by atoms with E-state index in [0.717, 1.165) is 45.4 Å². The van der Waals surface area contributed by atoms with Crippen LogP contribution in [0, 0.1) is 0 Å². The third-order valence-corrected chi connectivity index (χ3v) is 2.41. The smallest absolute Gasteiger partial charge is 0.0359 e. The molecule has 0 aromatic rings. The quantitative estimate of drug-likeness (QED) is 0.660. The normalized spacial score (nSPS) is 15.9. The van der Waals surface area contributed by atoms with Crippen LogP contribution in [0.25, 0.3) is 0 Å². The van der Waals surface area contributed by atoms with E-state index in [9.17, 15) is 0 Å². The van der Waals surface area contributed by atoms with E-state index in [0.29, 0.717) is 0 Å². The molecule has 0 radical (unpaired) electrons. The maximum Gasteiger partial charge on any atom is 0.0359 e. The van der Waals surface area contributed by atoms with Crippen molar-refractivity contribution in [3.8, 4) is 0 Å². The van der Waals surface area contributed by atoms with Gasteiger partial charge in [-0.05, 0) is 50.2 Å². The molecule has 0 saturated heterocycles. The molecule has 0 atom stereocenters. The van der Waals surface area contributed by atoms with E-state index in [1.807, 2.05) is 0 Å².